The van der Waals surface area contributed by atoms with Gasteiger partial charge in [-0.2, -0.15) is 4.31 Å². The Morgan fingerprint density at radius 1 is 1.20 bits per heavy atom. The van der Waals surface area contributed by atoms with Gasteiger partial charge in [0, 0.05) is 26.2 Å². The lowest BCUT2D eigenvalue weighted by molar-refractivity contribution is 0.360. The highest BCUT2D eigenvalue weighted by atomic mass is 32.2. The van der Waals surface area contributed by atoms with E-state index in [1.165, 1.54) is 22.8 Å². The number of hydrogen-bond donors (Lipinski definition) is 2. The van der Waals surface area contributed by atoms with Crippen LogP contribution in [0.1, 0.15) is 0 Å². The van der Waals surface area contributed by atoms with Gasteiger partial charge in [-0.3, -0.25) is 4.79 Å². The summed E-state index contributed by atoms with van der Waals surface area (Å²) in [7, 11) is -3.56. The monoisotopic (exact) mass is 294 g/mol. The van der Waals surface area contributed by atoms with E-state index in [9.17, 15) is 13.2 Å². The first-order chi connectivity index (χ1) is 9.59. The lowest BCUT2D eigenvalue weighted by Crippen LogP contribution is -2.46. The van der Waals surface area contributed by atoms with Crippen molar-refractivity contribution in [3.05, 3.63) is 34.9 Å². The van der Waals surface area contributed by atoms with Crippen molar-refractivity contribution < 1.29 is 8.42 Å². The van der Waals surface area contributed by atoms with Gasteiger partial charge in [-0.25, -0.2) is 13.4 Å². The highest BCUT2D eigenvalue weighted by Gasteiger charge is 2.26. The van der Waals surface area contributed by atoms with Crippen molar-refractivity contribution in [2.75, 3.05) is 26.2 Å². The molecule has 8 heteroatoms. The van der Waals surface area contributed by atoms with Crippen LogP contribution in [0.25, 0.3) is 10.9 Å². The Hall–Kier alpha value is -1.77. The number of fused-ring (bicyclic) bond motifs is 1. The molecule has 1 aliphatic heterocycles. The van der Waals surface area contributed by atoms with Crippen molar-refractivity contribution in [2.24, 2.45) is 0 Å². The first-order valence-corrected chi connectivity index (χ1v) is 7.71. The molecule has 0 aliphatic carbocycles. The first kappa shape index (κ1) is 13.2. The maximum absolute atomic E-state index is 12.5. The average molecular weight is 294 g/mol. The van der Waals surface area contributed by atoms with E-state index in [4.69, 9.17) is 0 Å². The molecule has 2 N–H and O–H groups in total. The number of sulfonamides is 1. The average Bonchev–Trinajstić information content (AvgIpc) is 2.48. The summed E-state index contributed by atoms with van der Waals surface area (Å²) in [4.78, 5) is 18.3. The van der Waals surface area contributed by atoms with E-state index >= 15 is 0 Å². The fraction of sp³-hybridized carbons (Fsp3) is 0.333. The number of piperazine rings is 1. The molecule has 0 unspecified atom stereocenters. The van der Waals surface area contributed by atoms with Crippen LogP contribution in [0.5, 0.6) is 0 Å². The number of hydrogen-bond acceptors (Lipinski definition) is 5. The minimum absolute atomic E-state index is 0.130. The van der Waals surface area contributed by atoms with E-state index in [1.807, 2.05) is 0 Å². The van der Waals surface area contributed by atoms with Gasteiger partial charge >= 0.3 is 0 Å². The molecule has 3 rings (SSSR count). The molecule has 1 aromatic carbocycles. The van der Waals surface area contributed by atoms with E-state index in [0.29, 0.717) is 31.7 Å². The molecule has 1 aromatic heterocycles. The second-order valence-corrected chi connectivity index (χ2v) is 6.50. The largest absolute Gasteiger partial charge is 0.314 e. The van der Waals surface area contributed by atoms with Gasteiger partial charge in [0.2, 0.25) is 10.0 Å². The minimum atomic E-state index is -3.56. The molecule has 0 saturated carbocycles. The normalized spacial score (nSPS) is 17.4. The van der Waals surface area contributed by atoms with Crippen LogP contribution in [0.3, 0.4) is 0 Å². The minimum Gasteiger partial charge on any atom is -0.314 e. The second-order valence-electron chi connectivity index (χ2n) is 4.56. The van der Waals surface area contributed by atoms with Crippen molar-refractivity contribution in [3.63, 3.8) is 0 Å². The highest BCUT2D eigenvalue weighted by Crippen LogP contribution is 2.19. The standard InChI is InChI=1S/C12H14N4O3S/c17-12-10-7-9(1-2-11(10)14-8-15-12)20(18,19)16-5-3-13-4-6-16/h1-2,7-8,13H,3-6H2,(H,14,15,17). The second kappa shape index (κ2) is 4.97. The van der Waals surface area contributed by atoms with Gasteiger partial charge in [0.1, 0.15) is 0 Å². The molecule has 2 heterocycles. The lowest BCUT2D eigenvalue weighted by Gasteiger charge is -2.26. The molecule has 0 spiro atoms. The van der Waals surface area contributed by atoms with E-state index < -0.39 is 10.0 Å². The maximum atomic E-state index is 12.5. The van der Waals surface area contributed by atoms with Crippen LogP contribution in [0, 0.1) is 0 Å². The van der Waals surface area contributed by atoms with E-state index in [-0.39, 0.29) is 15.8 Å². The van der Waals surface area contributed by atoms with Crippen molar-refractivity contribution in [1.29, 1.82) is 0 Å². The van der Waals surface area contributed by atoms with E-state index in [2.05, 4.69) is 15.3 Å². The third-order valence-electron chi connectivity index (χ3n) is 3.33. The third-order valence-corrected chi connectivity index (χ3v) is 5.22. The molecule has 7 nitrogen and oxygen atoms in total. The van der Waals surface area contributed by atoms with Crippen LogP contribution in [-0.4, -0.2) is 48.9 Å². The first-order valence-electron chi connectivity index (χ1n) is 6.27. The number of rotatable bonds is 2. The van der Waals surface area contributed by atoms with Crippen molar-refractivity contribution >= 4 is 20.9 Å². The summed E-state index contributed by atoms with van der Waals surface area (Å²) in [6.07, 6.45) is 1.30. The van der Waals surface area contributed by atoms with Gasteiger partial charge in [0.05, 0.1) is 22.1 Å². The molecule has 0 bridgehead atoms. The number of aromatic nitrogens is 2. The van der Waals surface area contributed by atoms with Crippen LogP contribution in [0.2, 0.25) is 0 Å². The van der Waals surface area contributed by atoms with Crippen LogP contribution in [0.4, 0.5) is 0 Å². The zero-order valence-electron chi connectivity index (χ0n) is 10.7. The van der Waals surface area contributed by atoms with Gasteiger partial charge in [0.25, 0.3) is 5.56 Å². The Morgan fingerprint density at radius 3 is 2.70 bits per heavy atom. The van der Waals surface area contributed by atoms with Crippen LogP contribution in [-0.2, 0) is 10.0 Å². The van der Waals surface area contributed by atoms with Gasteiger partial charge < -0.3 is 10.3 Å². The molecule has 106 valence electrons. The molecule has 2 aromatic rings. The van der Waals surface area contributed by atoms with Crippen LogP contribution < -0.4 is 10.9 Å². The Balaban J connectivity index is 2.09. The molecular weight excluding hydrogens is 280 g/mol. The molecule has 1 saturated heterocycles. The molecule has 0 amide bonds. The van der Waals surface area contributed by atoms with Crippen molar-refractivity contribution in [1.82, 2.24) is 19.6 Å². The van der Waals surface area contributed by atoms with Crippen LogP contribution in [0.15, 0.2) is 34.2 Å². The summed E-state index contributed by atoms with van der Waals surface area (Å²) in [6, 6.07) is 4.43. The summed E-state index contributed by atoms with van der Waals surface area (Å²) in [5.74, 6) is 0. The number of nitrogens with one attached hydrogen (secondary N) is 2. The number of H-pyrrole nitrogens is 1. The zero-order chi connectivity index (χ0) is 14.2. The molecular formula is C12H14N4O3S. The predicted molar refractivity (Wildman–Crippen MR) is 74.0 cm³/mol. The number of nitrogens with zero attached hydrogens (tertiary/aromatic N) is 2. The van der Waals surface area contributed by atoms with Gasteiger partial charge in [0.15, 0.2) is 0 Å². The quantitative estimate of drug-likeness (QED) is 0.780. The smallest absolute Gasteiger partial charge is 0.258 e. The molecule has 20 heavy (non-hydrogen) atoms. The van der Waals surface area contributed by atoms with Gasteiger partial charge in [-0.15, -0.1) is 0 Å². The lowest BCUT2D eigenvalue weighted by atomic mass is 10.2. The fourth-order valence-corrected chi connectivity index (χ4v) is 3.71. The Kier molecular flexibility index (Phi) is 3.28. The predicted octanol–water partition coefficient (Wildman–Crippen LogP) is -0.483. The Morgan fingerprint density at radius 2 is 1.95 bits per heavy atom. The molecule has 0 atom stereocenters. The van der Waals surface area contributed by atoms with Crippen molar-refractivity contribution in [2.45, 2.75) is 4.90 Å². The van der Waals surface area contributed by atoms with Gasteiger partial charge in [-0.1, -0.05) is 0 Å². The maximum Gasteiger partial charge on any atom is 0.258 e. The van der Waals surface area contributed by atoms with E-state index in [0.717, 1.165) is 0 Å². The highest BCUT2D eigenvalue weighted by molar-refractivity contribution is 7.89. The van der Waals surface area contributed by atoms with Crippen LogP contribution >= 0.6 is 0 Å². The summed E-state index contributed by atoms with van der Waals surface area (Å²) < 4.78 is 26.4. The number of aromatic amines is 1. The van der Waals surface area contributed by atoms with Gasteiger partial charge in [-0.05, 0) is 18.2 Å². The third kappa shape index (κ3) is 2.21. The fourth-order valence-electron chi connectivity index (χ4n) is 2.24. The van der Waals surface area contributed by atoms with E-state index in [1.54, 1.807) is 6.07 Å². The number of benzene rings is 1. The molecule has 0 radical (unpaired) electrons. The summed E-state index contributed by atoms with van der Waals surface area (Å²) in [5, 5.41) is 3.39. The SMILES string of the molecule is O=c1[nH]cnc2ccc(S(=O)(=O)N3CCNCC3)cc12. The summed E-state index contributed by atoms with van der Waals surface area (Å²) in [6.45, 7) is 2.14. The van der Waals surface area contributed by atoms with Crippen molar-refractivity contribution in [3.8, 4) is 0 Å². The topological polar surface area (TPSA) is 95.2 Å². The molecule has 1 aliphatic rings. The molecule has 1 fully saturated rings. The summed E-state index contributed by atoms with van der Waals surface area (Å²) >= 11 is 0. The Labute approximate surface area is 115 Å². The summed E-state index contributed by atoms with van der Waals surface area (Å²) in [5.41, 5.74) is 0.139. The zero-order valence-corrected chi connectivity index (χ0v) is 11.5. The Bertz CT molecular complexity index is 794.